The molecule has 0 unspecified atom stereocenters. The van der Waals surface area contributed by atoms with E-state index in [1.54, 1.807) is 25.3 Å². The average Bonchev–Trinajstić information content (AvgIpc) is 3.31. The lowest BCUT2D eigenvalue weighted by atomic mass is 10.2. The first-order chi connectivity index (χ1) is 17.3. The Hall–Kier alpha value is -3.75. The number of nitrogens with one attached hydrogen (secondary N) is 1. The maximum Gasteiger partial charge on any atom is 0.287 e. The van der Waals surface area contributed by atoms with Gasteiger partial charge in [-0.05, 0) is 60.2 Å². The Labute approximate surface area is 219 Å². The largest absolute Gasteiger partial charge is 0.497 e. The smallest absolute Gasteiger partial charge is 0.287 e. The highest BCUT2D eigenvalue weighted by Gasteiger charge is 2.18. The monoisotopic (exact) mass is 525 g/mol. The Morgan fingerprint density at radius 1 is 1.03 bits per heavy atom. The molecule has 1 aromatic heterocycles. The van der Waals surface area contributed by atoms with Crippen LogP contribution in [-0.2, 0) is 6.54 Å². The molecule has 0 saturated heterocycles. The molecule has 8 nitrogen and oxygen atoms in total. The number of rotatable bonds is 9. The molecule has 0 aliphatic carbocycles. The van der Waals surface area contributed by atoms with Gasteiger partial charge in [0.25, 0.3) is 5.91 Å². The summed E-state index contributed by atoms with van der Waals surface area (Å²) in [5, 5.41) is 8.45. The number of carbonyl (C=O) groups is 1. The van der Waals surface area contributed by atoms with E-state index < -0.39 is 5.91 Å². The highest BCUT2D eigenvalue weighted by atomic mass is 35.5. The highest BCUT2D eigenvalue weighted by molar-refractivity contribution is 6.35. The second kappa shape index (κ2) is 11.3. The van der Waals surface area contributed by atoms with Crippen LogP contribution in [0.25, 0.3) is 11.4 Å². The van der Waals surface area contributed by atoms with Gasteiger partial charge < -0.3 is 19.7 Å². The maximum atomic E-state index is 13.1. The molecule has 1 N–H and O–H groups in total. The van der Waals surface area contributed by atoms with Gasteiger partial charge in [0.15, 0.2) is 12.4 Å². The molecule has 4 aromatic rings. The van der Waals surface area contributed by atoms with E-state index in [1.807, 2.05) is 67.5 Å². The zero-order valence-corrected chi connectivity index (χ0v) is 21.5. The highest BCUT2D eigenvalue weighted by Crippen LogP contribution is 2.28. The van der Waals surface area contributed by atoms with E-state index in [-0.39, 0.29) is 6.61 Å². The third-order valence-electron chi connectivity index (χ3n) is 5.34. The molecule has 3 aromatic carbocycles. The summed E-state index contributed by atoms with van der Waals surface area (Å²) in [7, 11) is 5.57. The summed E-state index contributed by atoms with van der Waals surface area (Å²) < 4.78 is 12.1. The van der Waals surface area contributed by atoms with Gasteiger partial charge in [-0.2, -0.15) is 9.67 Å². The number of methoxy groups -OCH3 is 1. The van der Waals surface area contributed by atoms with E-state index in [9.17, 15) is 4.79 Å². The Bertz CT molecular complexity index is 1340. The molecule has 0 aliphatic heterocycles. The van der Waals surface area contributed by atoms with Crippen molar-refractivity contribution in [1.29, 1.82) is 0 Å². The van der Waals surface area contributed by atoms with Gasteiger partial charge in [-0.1, -0.05) is 35.3 Å². The average molecular weight is 526 g/mol. The Morgan fingerprint density at radius 2 is 1.75 bits per heavy atom. The number of carbonyl (C=O) groups excluding carboxylic acids is 1. The van der Waals surface area contributed by atoms with Crippen molar-refractivity contribution in [2.75, 3.05) is 38.0 Å². The fourth-order valence-corrected chi connectivity index (χ4v) is 3.81. The topological polar surface area (TPSA) is 81.5 Å². The standard InChI is InChI=1S/C26H25Cl2N5O3/c1-32(2)20-9-4-17(5-10-20)15-29-26-30-25(18-6-11-21(35-3)12-7-18)31-33(26)24(34)16-36-23-13-8-19(27)14-22(23)28/h4-14H,15-16H2,1-3H3,(H,29,30,31). The predicted octanol–water partition coefficient (Wildman–Crippen LogP) is 5.66. The van der Waals surface area contributed by atoms with Crippen LogP contribution >= 0.6 is 23.2 Å². The number of nitrogens with zero attached hydrogens (tertiary/aromatic N) is 4. The summed E-state index contributed by atoms with van der Waals surface area (Å²) in [6.07, 6.45) is 0. The lowest BCUT2D eigenvalue weighted by Gasteiger charge is -2.13. The quantitative estimate of drug-likeness (QED) is 0.302. The Morgan fingerprint density at radius 3 is 2.39 bits per heavy atom. The predicted molar refractivity (Wildman–Crippen MR) is 143 cm³/mol. The van der Waals surface area contributed by atoms with Gasteiger partial charge >= 0.3 is 0 Å². The molecule has 0 fully saturated rings. The Kier molecular flexibility index (Phi) is 7.97. The van der Waals surface area contributed by atoms with Gasteiger partial charge in [-0.3, -0.25) is 4.79 Å². The fraction of sp³-hybridized carbons (Fsp3) is 0.192. The third kappa shape index (κ3) is 6.08. The summed E-state index contributed by atoms with van der Waals surface area (Å²) in [5.74, 6) is 1.33. The first-order valence-corrected chi connectivity index (χ1v) is 11.8. The molecule has 0 aliphatic rings. The fourth-order valence-electron chi connectivity index (χ4n) is 3.35. The van der Waals surface area contributed by atoms with Crippen molar-refractivity contribution in [2.24, 2.45) is 0 Å². The number of aromatic nitrogens is 3. The molecule has 1 heterocycles. The van der Waals surface area contributed by atoms with Gasteiger partial charge in [-0.25, -0.2) is 0 Å². The van der Waals surface area contributed by atoms with Crippen molar-refractivity contribution < 1.29 is 14.3 Å². The van der Waals surface area contributed by atoms with Crippen molar-refractivity contribution in [3.8, 4) is 22.9 Å². The van der Waals surface area contributed by atoms with Gasteiger partial charge in [0.05, 0.1) is 12.1 Å². The van der Waals surface area contributed by atoms with Crippen LogP contribution in [0.3, 0.4) is 0 Å². The summed E-state index contributed by atoms with van der Waals surface area (Å²) in [5.41, 5.74) is 2.86. The molecule has 0 bridgehead atoms. The molecule has 10 heteroatoms. The number of anilines is 2. The van der Waals surface area contributed by atoms with Crippen LogP contribution in [-0.4, -0.2) is 48.5 Å². The number of hydrogen-bond acceptors (Lipinski definition) is 7. The second-order valence-corrected chi connectivity index (χ2v) is 8.91. The molecule has 0 amide bonds. The van der Waals surface area contributed by atoms with Crippen molar-refractivity contribution in [2.45, 2.75) is 6.54 Å². The maximum absolute atomic E-state index is 13.1. The van der Waals surface area contributed by atoms with Crippen molar-refractivity contribution >= 4 is 40.7 Å². The van der Waals surface area contributed by atoms with Gasteiger partial charge in [-0.15, -0.1) is 5.10 Å². The van der Waals surface area contributed by atoms with Crippen molar-refractivity contribution in [3.63, 3.8) is 0 Å². The van der Waals surface area contributed by atoms with E-state index in [1.165, 1.54) is 4.68 Å². The van der Waals surface area contributed by atoms with Gasteiger partial charge in [0, 0.05) is 36.9 Å². The minimum absolute atomic E-state index is 0.293. The molecular weight excluding hydrogens is 501 g/mol. The van der Waals surface area contributed by atoms with Crippen LogP contribution in [0.5, 0.6) is 11.5 Å². The molecule has 0 saturated carbocycles. The molecule has 0 atom stereocenters. The molecule has 186 valence electrons. The van der Waals surface area contributed by atoms with Gasteiger partial charge in [0.1, 0.15) is 11.5 Å². The number of ether oxygens (including phenoxy) is 2. The third-order valence-corrected chi connectivity index (χ3v) is 5.87. The van der Waals surface area contributed by atoms with Crippen LogP contribution < -0.4 is 19.7 Å². The van der Waals surface area contributed by atoms with Crippen LogP contribution in [0.4, 0.5) is 11.6 Å². The van der Waals surface area contributed by atoms with E-state index >= 15 is 0 Å². The van der Waals surface area contributed by atoms with Gasteiger partial charge in [0.2, 0.25) is 5.95 Å². The number of benzene rings is 3. The van der Waals surface area contributed by atoms with Crippen molar-refractivity contribution in [3.05, 3.63) is 82.3 Å². The zero-order chi connectivity index (χ0) is 25.7. The zero-order valence-electron chi connectivity index (χ0n) is 20.0. The summed E-state index contributed by atoms with van der Waals surface area (Å²) >= 11 is 12.1. The summed E-state index contributed by atoms with van der Waals surface area (Å²) in [6.45, 7) is 0.157. The molecule has 0 radical (unpaired) electrons. The summed E-state index contributed by atoms with van der Waals surface area (Å²) in [4.78, 5) is 19.7. The lowest BCUT2D eigenvalue weighted by molar-refractivity contribution is 0.0824. The van der Waals surface area contributed by atoms with E-state index in [0.29, 0.717) is 39.9 Å². The van der Waals surface area contributed by atoms with Crippen molar-refractivity contribution in [1.82, 2.24) is 14.8 Å². The van der Waals surface area contributed by atoms with E-state index in [0.717, 1.165) is 16.8 Å². The lowest BCUT2D eigenvalue weighted by Crippen LogP contribution is -2.23. The number of halogens is 2. The second-order valence-electron chi connectivity index (χ2n) is 8.07. The summed E-state index contributed by atoms with van der Waals surface area (Å²) in [6, 6.07) is 20.2. The van der Waals surface area contributed by atoms with E-state index in [2.05, 4.69) is 15.4 Å². The number of hydrogen-bond donors (Lipinski definition) is 1. The van der Waals surface area contributed by atoms with E-state index in [4.69, 9.17) is 32.7 Å². The Balaban J connectivity index is 1.56. The minimum Gasteiger partial charge on any atom is -0.497 e. The molecule has 0 spiro atoms. The van der Waals surface area contributed by atoms with Crippen LogP contribution in [0.1, 0.15) is 10.4 Å². The first kappa shape index (κ1) is 25.3. The SMILES string of the molecule is COc1ccc(-c2nc(NCc3ccc(N(C)C)cc3)n(C(=O)COc3ccc(Cl)cc3Cl)n2)cc1. The first-order valence-electron chi connectivity index (χ1n) is 11.1. The minimum atomic E-state index is -0.418. The molecule has 36 heavy (non-hydrogen) atoms. The van der Waals surface area contributed by atoms with Crippen LogP contribution in [0, 0.1) is 0 Å². The normalized spacial score (nSPS) is 10.7. The molecular formula is C26H25Cl2N5O3. The molecule has 4 rings (SSSR count). The van der Waals surface area contributed by atoms with Crippen LogP contribution in [0.2, 0.25) is 10.0 Å². The van der Waals surface area contributed by atoms with Crippen LogP contribution in [0.15, 0.2) is 66.7 Å².